The van der Waals surface area contributed by atoms with Gasteiger partial charge in [-0.1, -0.05) is 48.0 Å². The molecule has 21 heavy (non-hydrogen) atoms. The summed E-state index contributed by atoms with van der Waals surface area (Å²) in [5.41, 5.74) is 7.70. The summed E-state index contributed by atoms with van der Waals surface area (Å²) in [6.07, 6.45) is 0. The average Bonchev–Trinajstić information content (AvgIpc) is 2.50. The monoisotopic (exact) mass is 303 g/mol. The van der Waals surface area contributed by atoms with Crippen LogP contribution in [-0.4, -0.2) is 0 Å². The fourth-order valence-electron chi connectivity index (χ4n) is 2.44. The van der Waals surface area contributed by atoms with Crippen LogP contribution in [0.3, 0.4) is 0 Å². The summed E-state index contributed by atoms with van der Waals surface area (Å²) in [5, 5.41) is 1.28. The molecule has 0 saturated heterocycles. The number of halogens is 3. The first kappa shape index (κ1) is 14.0. The Morgan fingerprint density at radius 1 is 0.857 bits per heavy atom. The maximum atomic E-state index is 13.8. The zero-order valence-corrected chi connectivity index (χ0v) is 11.7. The summed E-state index contributed by atoms with van der Waals surface area (Å²) < 4.78 is 27.1. The maximum absolute atomic E-state index is 13.8. The van der Waals surface area contributed by atoms with Crippen LogP contribution in [0.5, 0.6) is 0 Å². The zero-order valence-electron chi connectivity index (χ0n) is 11.0. The number of nitrogens with two attached hydrogens (primary N) is 1. The second-order valence-corrected chi connectivity index (χ2v) is 5.24. The van der Waals surface area contributed by atoms with Crippen LogP contribution in [0.2, 0.25) is 5.02 Å². The molecule has 3 aromatic rings. The van der Waals surface area contributed by atoms with Crippen LogP contribution in [-0.2, 0) is 0 Å². The van der Waals surface area contributed by atoms with Crippen molar-refractivity contribution in [2.24, 2.45) is 5.73 Å². The smallest absolute Gasteiger partial charge is 0.141 e. The fourth-order valence-corrected chi connectivity index (χ4v) is 2.63. The molecule has 0 aliphatic heterocycles. The molecule has 0 fully saturated rings. The molecule has 0 spiro atoms. The van der Waals surface area contributed by atoms with Gasteiger partial charge in [-0.2, -0.15) is 0 Å². The minimum absolute atomic E-state index is 0.0226. The SMILES string of the molecule is NC(c1ccc(F)c(Cl)c1)c1ccc(F)c2ccccc12. The summed E-state index contributed by atoms with van der Waals surface area (Å²) in [4.78, 5) is 0. The molecule has 0 aliphatic rings. The first-order valence-electron chi connectivity index (χ1n) is 6.45. The lowest BCUT2D eigenvalue weighted by Gasteiger charge is -2.16. The van der Waals surface area contributed by atoms with Crippen LogP contribution < -0.4 is 5.73 Å². The summed E-state index contributed by atoms with van der Waals surface area (Å²) in [7, 11) is 0. The Hall–Kier alpha value is -1.97. The van der Waals surface area contributed by atoms with Gasteiger partial charge in [0, 0.05) is 5.39 Å². The Kier molecular flexibility index (Phi) is 3.62. The van der Waals surface area contributed by atoms with E-state index >= 15 is 0 Å². The minimum Gasteiger partial charge on any atom is -0.320 e. The van der Waals surface area contributed by atoms with Crippen molar-refractivity contribution >= 4 is 22.4 Å². The lowest BCUT2D eigenvalue weighted by molar-refractivity contribution is 0.627. The molecule has 1 nitrogen and oxygen atoms in total. The third-order valence-electron chi connectivity index (χ3n) is 3.54. The molecule has 0 amide bonds. The van der Waals surface area contributed by atoms with Crippen LogP contribution in [0.15, 0.2) is 54.6 Å². The Bertz CT molecular complexity index is 817. The third kappa shape index (κ3) is 2.50. The molecule has 0 bridgehead atoms. The topological polar surface area (TPSA) is 26.0 Å². The summed E-state index contributed by atoms with van der Waals surface area (Å²) in [5.74, 6) is -0.782. The maximum Gasteiger partial charge on any atom is 0.141 e. The van der Waals surface area contributed by atoms with Gasteiger partial charge in [0.05, 0.1) is 11.1 Å². The Morgan fingerprint density at radius 2 is 1.52 bits per heavy atom. The van der Waals surface area contributed by atoms with Crippen molar-refractivity contribution in [3.05, 3.63) is 82.4 Å². The van der Waals surface area contributed by atoms with Gasteiger partial charge in [0.2, 0.25) is 0 Å². The predicted molar refractivity (Wildman–Crippen MR) is 81.3 cm³/mol. The summed E-state index contributed by atoms with van der Waals surface area (Å²) >= 11 is 5.80. The molecule has 0 aromatic heterocycles. The second kappa shape index (κ2) is 5.43. The van der Waals surface area contributed by atoms with Crippen molar-refractivity contribution in [2.75, 3.05) is 0 Å². The number of hydrogen-bond acceptors (Lipinski definition) is 1. The highest BCUT2D eigenvalue weighted by Crippen LogP contribution is 2.30. The quantitative estimate of drug-likeness (QED) is 0.721. The first-order chi connectivity index (χ1) is 10.1. The highest BCUT2D eigenvalue weighted by Gasteiger charge is 2.15. The number of rotatable bonds is 2. The van der Waals surface area contributed by atoms with Gasteiger partial charge in [0.15, 0.2) is 0 Å². The minimum atomic E-state index is -0.506. The van der Waals surface area contributed by atoms with Gasteiger partial charge in [0.1, 0.15) is 11.6 Å². The molecule has 1 atom stereocenters. The van der Waals surface area contributed by atoms with Gasteiger partial charge in [-0.3, -0.25) is 0 Å². The lowest BCUT2D eigenvalue weighted by atomic mass is 9.94. The van der Waals surface area contributed by atoms with Crippen molar-refractivity contribution in [3.63, 3.8) is 0 Å². The molecular weight excluding hydrogens is 292 g/mol. The van der Waals surface area contributed by atoms with Gasteiger partial charge < -0.3 is 5.73 Å². The molecule has 3 rings (SSSR count). The van der Waals surface area contributed by atoms with Gasteiger partial charge in [-0.25, -0.2) is 8.78 Å². The van der Waals surface area contributed by atoms with Crippen LogP contribution in [0.25, 0.3) is 10.8 Å². The molecule has 4 heteroatoms. The molecule has 1 unspecified atom stereocenters. The first-order valence-corrected chi connectivity index (χ1v) is 6.83. The summed E-state index contributed by atoms with van der Waals surface area (Å²) in [6, 6.07) is 14.0. The number of hydrogen-bond donors (Lipinski definition) is 1. The van der Waals surface area contributed by atoms with Crippen molar-refractivity contribution in [1.29, 1.82) is 0 Å². The van der Waals surface area contributed by atoms with E-state index in [1.807, 2.05) is 12.1 Å². The number of fused-ring (bicyclic) bond motifs is 1. The van der Waals surface area contributed by atoms with Crippen molar-refractivity contribution in [3.8, 4) is 0 Å². The van der Waals surface area contributed by atoms with E-state index in [2.05, 4.69) is 0 Å². The summed E-state index contributed by atoms with van der Waals surface area (Å²) in [6.45, 7) is 0. The van der Waals surface area contributed by atoms with E-state index in [0.717, 1.165) is 10.9 Å². The molecule has 0 heterocycles. The zero-order chi connectivity index (χ0) is 15.0. The predicted octanol–water partition coefficient (Wildman–Crippen LogP) is 4.82. The Morgan fingerprint density at radius 3 is 2.24 bits per heavy atom. The van der Waals surface area contributed by atoms with Gasteiger partial charge in [-0.05, 0) is 34.7 Å². The normalized spacial score (nSPS) is 12.6. The van der Waals surface area contributed by atoms with E-state index in [9.17, 15) is 8.78 Å². The standard InChI is InChI=1S/C17H12ClF2N/c18-14-9-10(5-7-16(14)20)17(21)13-6-8-15(19)12-4-2-1-3-11(12)13/h1-9,17H,21H2. The molecule has 0 saturated carbocycles. The Labute approximate surface area is 126 Å². The molecular formula is C17H12ClF2N. The van der Waals surface area contributed by atoms with Gasteiger partial charge >= 0.3 is 0 Å². The molecule has 0 radical (unpaired) electrons. The van der Waals surface area contributed by atoms with Gasteiger partial charge in [0.25, 0.3) is 0 Å². The van der Waals surface area contributed by atoms with Crippen molar-refractivity contribution in [2.45, 2.75) is 6.04 Å². The third-order valence-corrected chi connectivity index (χ3v) is 3.83. The van der Waals surface area contributed by atoms with E-state index in [1.54, 1.807) is 24.3 Å². The van der Waals surface area contributed by atoms with E-state index in [1.165, 1.54) is 18.2 Å². The van der Waals surface area contributed by atoms with E-state index < -0.39 is 11.9 Å². The Balaban J connectivity index is 2.15. The fraction of sp³-hybridized carbons (Fsp3) is 0.0588. The highest BCUT2D eigenvalue weighted by molar-refractivity contribution is 6.30. The van der Waals surface area contributed by atoms with Crippen molar-refractivity contribution in [1.82, 2.24) is 0 Å². The van der Waals surface area contributed by atoms with Crippen LogP contribution >= 0.6 is 11.6 Å². The largest absolute Gasteiger partial charge is 0.320 e. The number of benzene rings is 3. The molecule has 0 aliphatic carbocycles. The molecule has 106 valence electrons. The van der Waals surface area contributed by atoms with Crippen molar-refractivity contribution < 1.29 is 8.78 Å². The van der Waals surface area contributed by atoms with Crippen LogP contribution in [0.1, 0.15) is 17.2 Å². The lowest BCUT2D eigenvalue weighted by Crippen LogP contribution is -2.12. The van der Waals surface area contributed by atoms with Gasteiger partial charge in [-0.15, -0.1) is 0 Å². The van der Waals surface area contributed by atoms with E-state index in [4.69, 9.17) is 17.3 Å². The molecule has 2 N–H and O–H groups in total. The van der Waals surface area contributed by atoms with E-state index in [0.29, 0.717) is 10.9 Å². The van der Waals surface area contributed by atoms with Crippen LogP contribution in [0.4, 0.5) is 8.78 Å². The molecule has 3 aromatic carbocycles. The van der Waals surface area contributed by atoms with E-state index in [-0.39, 0.29) is 10.8 Å². The van der Waals surface area contributed by atoms with Crippen LogP contribution in [0, 0.1) is 11.6 Å². The average molecular weight is 304 g/mol. The highest BCUT2D eigenvalue weighted by atomic mass is 35.5. The second-order valence-electron chi connectivity index (χ2n) is 4.83.